The summed E-state index contributed by atoms with van der Waals surface area (Å²) in [6, 6.07) is 0.320. The Morgan fingerprint density at radius 2 is 2.22 bits per heavy atom. The van der Waals surface area contributed by atoms with Crippen LogP contribution in [0.4, 0.5) is 0 Å². The normalized spacial score (nSPS) is 20.7. The van der Waals surface area contributed by atoms with E-state index < -0.39 is 0 Å². The molecule has 0 bridgehead atoms. The van der Waals surface area contributed by atoms with Crippen LogP contribution in [0.2, 0.25) is 0 Å². The first-order valence-corrected chi connectivity index (χ1v) is 8.33. The fraction of sp³-hybridized carbons (Fsp3) is 0.812. The van der Waals surface area contributed by atoms with Gasteiger partial charge in [0.15, 0.2) is 5.82 Å². The van der Waals surface area contributed by atoms with E-state index >= 15 is 0 Å². The van der Waals surface area contributed by atoms with Crippen molar-refractivity contribution in [1.29, 1.82) is 0 Å². The van der Waals surface area contributed by atoms with E-state index in [1.165, 1.54) is 0 Å². The molecule has 1 amide bonds. The number of halogens is 1. The van der Waals surface area contributed by atoms with Gasteiger partial charge in [0.05, 0.1) is 5.92 Å². The van der Waals surface area contributed by atoms with E-state index in [4.69, 9.17) is 4.52 Å². The van der Waals surface area contributed by atoms with Crippen molar-refractivity contribution in [2.75, 3.05) is 20.1 Å². The van der Waals surface area contributed by atoms with E-state index in [0.717, 1.165) is 38.1 Å². The average Bonchev–Trinajstić information content (AvgIpc) is 3.01. The monoisotopic (exact) mass is 344 g/mol. The molecule has 0 saturated carbocycles. The predicted molar refractivity (Wildman–Crippen MR) is 91.8 cm³/mol. The van der Waals surface area contributed by atoms with Gasteiger partial charge in [-0.15, -0.1) is 12.4 Å². The predicted octanol–water partition coefficient (Wildman–Crippen LogP) is 2.39. The second kappa shape index (κ2) is 9.23. The molecular formula is C16H29ClN4O2. The van der Waals surface area contributed by atoms with Crippen LogP contribution in [0.25, 0.3) is 0 Å². The molecule has 1 fully saturated rings. The van der Waals surface area contributed by atoms with Crippen molar-refractivity contribution in [2.24, 2.45) is 5.92 Å². The molecular weight excluding hydrogens is 316 g/mol. The van der Waals surface area contributed by atoms with Crippen LogP contribution < -0.4 is 5.32 Å². The van der Waals surface area contributed by atoms with Gasteiger partial charge in [0.2, 0.25) is 11.8 Å². The van der Waals surface area contributed by atoms with E-state index in [1.54, 1.807) is 0 Å². The molecule has 132 valence electrons. The van der Waals surface area contributed by atoms with Crippen molar-refractivity contribution in [1.82, 2.24) is 20.4 Å². The number of hydrogen-bond donors (Lipinski definition) is 1. The summed E-state index contributed by atoms with van der Waals surface area (Å²) in [6.07, 6.45) is 3.64. The first-order chi connectivity index (χ1) is 10.5. The van der Waals surface area contributed by atoms with Crippen LogP contribution in [0.3, 0.4) is 0 Å². The number of piperidine rings is 1. The Labute approximate surface area is 144 Å². The van der Waals surface area contributed by atoms with Crippen molar-refractivity contribution in [3.63, 3.8) is 0 Å². The van der Waals surface area contributed by atoms with E-state index in [-0.39, 0.29) is 30.2 Å². The van der Waals surface area contributed by atoms with Gasteiger partial charge in [-0.05, 0) is 33.2 Å². The largest absolute Gasteiger partial charge is 0.342 e. The molecule has 7 heteroatoms. The minimum absolute atomic E-state index is 0. The lowest BCUT2D eigenvalue weighted by atomic mass is 9.96. The number of likely N-dealkylation sites (N-methyl/N-ethyl adjacent to an activating group) is 1. The Hall–Kier alpha value is -1.14. The molecule has 0 radical (unpaired) electrons. The summed E-state index contributed by atoms with van der Waals surface area (Å²) in [5.74, 6) is 1.93. The van der Waals surface area contributed by atoms with Crippen molar-refractivity contribution < 1.29 is 9.32 Å². The third-order valence-electron chi connectivity index (χ3n) is 4.58. The van der Waals surface area contributed by atoms with E-state index in [1.807, 2.05) is 18.9 Å². The number of rotatable bonds is 6. The van der Waals surface area contributed by atoms with Gasteiger partial charge in [-0.1, -0.05) is 19.0 Å². The third kappa shape index (κ3) is 5.18. The molecule has 1 aromatic rings. The van der Waals surface area contributed by atoms with Crippen LogP contribution in [-0.4, -0.2) is 47.1 Å². The number of likely N-dealkylation sites (tertiary alicyclic amines) is 1. The summed E-state index contributed by atoms with van der Waals surface area (Å²) in [4.78, 5) is 18.8. The number of carbonyl (C=O) groups is 1. The van der Waals surface area contributed by atoms with Gasteiger partial charge >= 0.3 is 0 Å². The Balaban J connectivity index is 0.00000264. The zero-order valence-corrected chi connectivity index (χ0v) is 15.4. The Morgan fingerprint density at radius 3 is 2.87 bits per heavy atom. The van der Waals surface area contributed by atoms with E-state index in [2.05, 4.69) is 29.3 Å². The van der Waals surface area contributed by atoms with E-state index in [0.29, 0.717) is 18.5 Å². The molecule has 0 aromatic carbocycles. The Morgan fingerprint density at radius 1 is 1.48 bits per heavy atom. The molecule has 0 spiro atoms. The maximum absolute atomic E-state index is 12.3. The topological polar surface area (TPSA) is 71.3 Å². The lowest BCUT2D eigenvalue weighted by molar-refractivity contribution is -0.136. The molecule has 1 saturated heterocycles. The van der Waals surface area contributed by atoms with Gasteiger partial charge in [0, 0.05) is 31.5 Å². The van der Waals surface area contributed by atoms with E-state index in [9.17, 15) is 4.79 Å². The summed E-state index contributed by atoms with van der Waals surface area (Å²) < 4.78 is 5.44. The zero-order chi connectivity index (χ0) is 16.1. The Kier molecular flexibility index (Phi) is 7.99. The molecule has 1 aromatic heterocycles. The number of hydrogen-bond acceptors (Lipinski definition) is 5. The molecule has 3 unspecified atom stereocenters. The molecule has 1 aliphatic heterocycles. The smallest absolute Gasteiger partial charge is 0.231 e. The summed E-state index contributed by atoms with van der Waals surface area (Å²) in [5.41, 5.74) is 0. The molecule has 2 heterocycles. The van der Waals surface area contributed by atoms with Crippen molar-refractivity contribution in [2.45, 2.75) is 58.4 Å². The molecule has 2 rings (SSSR count). The highest BCUT2D eigenvalue weighted by Crippen LogP contribution is 2.27. The van der Waals surface area contributed by atoms with Crippen LogP contribution in [0.5, 0.6) is 0 Å². The second-order valence-corrected chi connectivity index (χ2v) is 6.38. The van der Waals surface area contributed by atoms with Gasteiger partial charge in [0.1, 0.15) is 0 Å². The van der Waals surface area contributed by atoms with Crippen LogP contribution in [-0.2, 0) is 11.2 Å². The lowest BCUT2D eigenvalue weighted by Crippen LogP contribution is -2.41. The molecule has 6 nitrogen and oxygen atoms in total. The number of carbonyl (C=O) groups excluding carboxylic acids is 1. The van der Waals surface area contributed by atoms with Crippen LogP contribution in [0.15, 0.2) is 4.52 Å². The fourth-order valence-corrected chi connectivity index (χ4v) is 2.76. The molecule has 23 heavy (non-hydrogen) atoms. The maximum atomic E-state index is 12.3. The quantitative estimate of drug-likeness (QED) is 0.858. The van der Waals surface area contributed by atoms with Gasteiger partial charge in [-0.25, -0.2) is 0 Å². The Bertz CT molecular complexity index is 494. The molecule has 0 aliphatic carbocycles. The minimum atomic E-state index is 0. The SMILES string of the molecule is CCC(C)C(=O)N1CCCC(c2nc(CC(C)NC)no2)C1.Cl. The van der Waals surface area contributed by atoms with Gasteiger partial charge in [-0.2, -0.15) is 4.98 Å². The number of aromatic nitrogens is 2. The fourth-order valence-electron chi connectivity index (χ4n) is 2.76. The van der Waals surface area contributed by atoms with Crippen LogP contribution in [0.1, 0.15) is 57.7 Å². The highest BCUT2D eigenvalue weighted by molar-refractivity contribution is 5.85. The molecule has 1 N–H and O–H groups in total. The van der Waals surface area contributed by atoms with Gasteiger partial charge in [0.25, 0.3) is 0 Å². The van der Waals surface area contributed by atoms with Crippen LogP contribution in [0, 0.1) is 5.92 Å². The van der Waals surface area contributed by atoms with Gasteiger partial charge < -0.3 is 14.7 Å². The van der Waals surface area contributed by atoms with Crippen molar-refractivity contribution in [3.8, 4) is 0 Å². The highest BCUT2D eigenvalue weighted by Gasteiger charge is 2.30. The van der Waals surface area contributed by atoms with Gasteiger partial charge in [-0.3, -0.25) is 4.79 Å². The molecule has 1 aliphatic rings. The van der Waals surface area contributed by atoms with Crippen molar-refractivity contribution in [3.05, 3.63) is 11.7 Å². The molecule has 3 atom stereocenters. The van der Waals surface area contributed by atoms with Crippen molar-refractivity contribution >= 4 is 18.3 Å². The minimum Gasteiger partial charge on any atom is -0.342 e. The summed E-state index contributed by atoms with van der Waals surface area (Å²) in [5, 5.41) is 7.24. The maximum Gasteiger partial charge on any atom is 0.231 e. The second-order valence-electron chi connectivity index (χ2n) is 6.38. The summed E-state index contributed by atoms with van der Waals surface area (Å²) >= 11 is 0. The third-order valence-corrected chi connectivity index (χ3v) is 4.58. The average molecular weight is 345 g/mol. The van der Waals surface area contributed by atoms with Crippen LogP contribution >= 0.6 is 12.4 Å². The zero-order valence-electron chi connectivity index (χ0n) is 14.5. The highest BCUT2D eigenvalue weighted by atomic mass is 35.5. The summed E-state index contributed by atoms with van der Waals surface area (Å²) in [7, 11) is 1.92. The number of nitrogens with one attached hydrogen (secondary N) is 1. The summed E-state index contributed by atoms with van der Waals surface area (Å²) in [6.45, 7) is 7.68. The number of amides is 1. The standard InChI is InChI=1S/C16H28N4O2.ClH/c1-5-11(2)16(21)20-8-6-7-13(10-20)15-18-14(19-22-15)9-12(3)17-4;/h11-13,17H,5-10H2,1-4H3;1H. The first kappa shape index (κ1) is 19.9. The first-order valence-electron chi connectivity index (χ1n) is 8.33. The lowest BCUT2D eigenvalue weighted by Gasteiger charge is -2.32. The number of nitrogens with zero attached hydrogens (tertiary/aromatic N) is 3.